The molecule has 0 unspecified atom stereocenters. The third-order valence-corrected chi connectivity index (χ3v) is 5.84. The van der Waals surface area contributed by atoms with Gasteiger partial charge in [-0.2, -0.15) is 5.10 Å². The third kappa shape index (κ3) is 3.91. The van der Waals surface area contributed by atoms with Crippen molar-refractivity contribution in [2.75, 3.05) is 12.3 Å². The highest BCUT2D eigenvalue weighted by molar-refractivity contribution is 5.98. The van der Waals surface area contributed by atoms with Gasteiger partial charge in [-0.25, -0.2) is 14.6 Å². The van der Waals surface area contributed by atoms with Crippen LogP contribution < -0.4 is 10.5 Å². The summed E-state index contributed by atoms with van der Waals surface area (Å²) < 4.78 is 7.71. The molecule has 1 saturated heterocycles. The minimum Gasteiger partial charge on any atom is -0.457 e. The quantitative estimate of drug-likeness (QED) is 0.457. The summed E-state index contributed by atoms with van der Waals surface area (Å²) in [5.74, 6) is 1.72. The summed E-state index contributed by atoms with van der Waals surface area (Å²) in [7, 11) is 0. The first-order chi connectivity index (χ1) is 16.2. The smallest absolute Gasteiger partial charge is 0.247 e. The Morgan fingerprint density at radius 1 is 1.06 bits per heavy atom. The van der Waals surface area contributed by atoms with Crippen LogP contribution in [0.4, 0.5) is 5.82 Å². The zero-order valence-electron chi connectivity index (χ0n) is 18.1. The highest BCUT2D eigenvalue weighted by Gasteiger charge is 2.30. The minimum atomic E-state index is -0.254. The molecule has 8 nitrogen and oxygen atoms in total. The van der Waals surface area contributed by atoms with Crippen LogP contribution in [0.2, 0.25) is 0 Å². The van der Waals surface area contributed by atoms with E-state index in [1.54, 1.807) is 9.58 Å². The summed E-state index contributed by atoms with van der Waals surface area (Å²) in [4.78, 5) is 23.0. The number of ether oxygens (including phenoxy) is 1. The molecule has 1 fully saturated rings. The van der Waals surface area contributed by atoms with Crippen LogP contribution in [-0.2, 0) is 4.79 Å². The van der Waals surface area contributed by atoms with E-state index in [-0.39, 0.29) is 12.1 Å². The van der Waals surface area contributed by atoms with Crippen molar-refractivity contribution in [3.8, 4) is 22.8 Å². The number of carbonyl (C=O) groups excluding carboxylic acids is 1. The molecule has 5 rings (SSSR count). The number of hydrogen-bond acceptors (Lipinski definition) is 6. The molecule has 1 aliphatic heterocycles. The van der Waals surface area contributed by atoms with Crippen molar-refractivity contribution in [1.82, 2.24) is 24.6 Å². The Hall–Kier alpha value is -4.20. The molecule has 0 spiro atoms. The maximum Gasteiger partial charge on any atom is 0.247 e. The van der Waals surface area contributed by atoms with Gasteiger partial charge in [0.25, 0.3) is 0 Å². The standard InChI is InChI=1S/C25H24N6O2/c1-2-21(32)30-15-7-6-10-20(30)31-25-22(24(26)27-16-28-25)23(29-31)17-11-13-19(14-12-17)33-18-8-4-3-5-9-18/h2-5,8-9,11-14,16,20H,1,6-7,10,15H2,(H2,26,27,28)/t20-/m1/s1. The number of rotatable bonds is 5. The van der Waals surface area contributed by atoms with Gasteiger partial charge in [-0.3, -0.25) is 4.79 Å². The van der Waals surface area contributed by atoms with Crippen molar-refractivity contribution in [3.63, 3.8) is 0 Å². The Kier molecular flexibility index (Phi) is 5.48. The second-order valence-corrected chi connectivity index (χ2v) is 7.90. The van der Waals surface area contributed by atoms with E-state index in [9.17, 15) is 4.79 Å². The summed E-state index contributed by atoms with van der Waals surface area (Å²) in [5, 5.41) is 5.56. The monoisotopic (exact) mass is 440 g/mol. The Morgan fingerprint density at radius 3 is 2.58 bits per heavy atom. The first-order valence-corrected chi connectivity index (χ1v) is 10.9. The molecule has 1 atom stereocenters. The lowest BCUT2D eigenvalue weighted by Crippen LogP contribution is -2.40. The normalized spacial score (nSPS) is 16.0. The molecule has 2 N–H and O–H groups in total. The number of para-hydroxylation sites is 1. The predicted molar refractivity (Wildman–Crippen MR) is 126 cm³/mol. The third-order valence-electron chi connectivity index (χ3n) is 5.84. The molecule has 33 heavy (non-hydrogen) atoms. The van der Waals surface area contributed by atoms with Crippen LogP contribution >= 0.6 is 0 Å². The van der Waals surface area contributed by atoms with Gasteiger partial charge in [0, 0.05) is 12.1 Å². The molecule has 1 aliphatic rings. The zero-order chi connectivity index (χ0) is 22.8. The van der Waals surface area contributed by atoms with E-state index < -0.39 is 0 Å². The van der Waals surface area contributed by atoms with Gasteiger partial charge in [0.1, 0.15) is 35.5 Å². The summed E-state index contributed by atoms with van der Waals surface area (Å²) >= 11 is 0. The van der Waals surface area contributed by atoms with Gasteiger partial charge in [-0.15, -0.1) is 0 Å². The lowest BCUT2D eigenvalue weighted by molar-refractivity contribution is -0.132. The fourth-order valence-electron chi connectivity index (χ4n) is 4.25. The Bertz CT molecular complexity index is 1300. The average molecular weight is 441 g/mol. The molecule has 2 aromatic carbocycles. The molecule has 3 heterocycles. The first-order valence-electron chi connectivity index (χ1n) is 10.9. The van der Waals surface area contributed by atoms with E-state index in [2.05, 4.69) is 16.5 Å². The first kappa shape index (κ1) is 20.7. The number of amides is 1. The van der Waals surface area contributed by atoms with Gasteiger partial charge in [0.2, 0.25) is 5.91 Å². The average Bonchev–Trinajstić information content (AvgIpc) is 3.25. The van der Waals surface area contributed by atoms with E-state index in [4.69, 9.17) is 15.6 Å². The molecule has 0 radical (unpaired) electrons. The van der Waals surface area contributed by atoms with Crippen molar-refractivity contribution in [1.29, 1.82) is 0 Å². The highest BCUT2D eigenvalue weighted by atomic mass is 16.5. The number of hydrogen-bond donors (Lipinski definition) is 1. The number of nitrogens with zero attached hydrogens (tertiary/aromatic N) is 5. The molecule has 0 aliphatic carbocycles. The van der Waals surface area contributed by atoms with Crippen molar-refractivity contribution < 1.29 is 9.53 Å². The summed E-state index contributed by atoms with van der Waals surface area (Å²) in [6.07, 6.45) is 5.24. The van der Waals surface area contributed by atoms with Crippen LogP contribution in [0.25, 0.3) is 22.3 Å². The number of nitrogens with two attached hydrogens (primary N) is 1. The molecular weight excluding hydrogens is 416 g/mol. The van der Waals surface area contributed by atoms with E-state index in [1.165, 1.54) is 12.4 Å². The van der Waals surface area contributed by atoms with Crippen molar-refractivity contribution >= 4 is 22.8 Å². The number of piperidine rings is 1. The van der Waals surface area contributed by atoms with Gasteiger partial charge >= 0.3 is 0 Å². The van der Waals surface area contributed by atoms with Crippen LogP contribution in [0.5, 0.6) is 11.5 Å². The number of nitrogen functional groups attached to an aromatic ring is 1. The van der Waals surface area contributed by atoms with Crippen molar-refractivity contribution in [3.05, 3.63) is 73.6 Å². The maximum absolute atomic E-state index is 12.5. The van der Waals surface area contributed by atoms with Crippen LogP contribution in [0, 0.1) is 0 Å². The predicted octanol–water partition coefficient (Wildman–Crippen LogP) is 4.56. The van der Waals surface area contributed by atoms with E-state index in [1.807, 2.05) is 54.6 Å². The minimum absolute atomic E-state index is 0.116. The molecule has 2 aromatic heterocycles. The van der Waals surface area contributed by atoms with Gasteiger partial charge in [0.05, 0.1) is 5.39 Å². The van der Waals surface area contributed by atoms with Crippen LogP contribution in [0.1, 0.15) is 25.4 Å². The number of aromatic nitrogens is 4. The Morgan fingerprint density at radius 2 is 1.82 bits per heavy atom. The number of benzene rings is 2. The molecule has 0 saturated carbocycles. The second kappa shape index (κ2) is 8.74. The van der Waals surface area contributed by atoms with E-state index in [0.29, 0.717) is 34.8 Å². The summed E-state index contributed by atoms with van der Waals surface area (Å²) in [6, 6.07) is 17.3. The molecule has 166 valence electrons. The summed E-state index contributed by atoms with van der Waals surface area (Å²) in [6.45, 7) is 4.30. The number of likely N-dealkylation sites (tertiary alicyclic amines) is 1. The topological polar surface area (TPSA) is 99.2 Å². The Balaban J connectivity index is 1.55. The largest absolute Gasteiger partial charge is 0.457 e. The van der Waals surface area contributed by atoms with Crippen molar-refractivity contribution in [2.24, 2.45) is 0 Å². The van der Waals surface area contributed by atoms with Crippen molar-refractivity contribution in [2.45, 2.75) is 25.4 Å². The van der Waals surface area contributed by atoms with Crippen LogP contribution in [0.15, 0.2) is 73.6 Å². The molecule has 1 amide bonds. The number of fused-ring (bicyclic) bond motifs is 1. The zero-order valence-corrected chi connectivity index (χ0v) is 18.1. The fraction of sp³-hybridized carbons (Fsp3) is 0.200. The Labute approximate surface area is 191 Å². The van der Waals surface area contributed by atoms with Gasteiger partial charge in [-0.1, -0.05) is 24.8 Å². The number of anilines is 1. The molecule has 0 bridgehead atoms. The lowest BCUT2D eigenvalue weighted by atomic mass is 10.1. The lowest BCUT2D eigenvalue weighted by Gasteiger charge is -2.35. The molecular formula is C25H24N6O2. The molecule has 4 aromatic rings. The van der Waals surface area contributed by atoms with E-state index >= 15 is 0 Å². The van der Waals surface area contributed by atoms with Crippen LogP contribution in [0.3, 0.4) is 0 Å². The van der Waals surface area contributed by atoms with Gasteiger partial charge < -0.3 is 15.4 Å². The number of carbonyl (C=O) groups is 1. The SMILES string of the molecule is C=CC(=O)N1CCCC[C@H]1n1nc(-c2ccc(Oc3ccccc3)cc2)c2c(N)ncnc21. The maximum atomic E-state index is 12.5. The summed E-state index contributed by atoms with van der Waals surface area (Å²) in [5.41, 5.74) is 8.40. The fourth-order valence-corrected chi connectivity index (χ4v) is 4.25. The van der Waals surface area contributed by atoms with Gasteiger partial charge in [-0.05, 0) is 61.7 Å². The van der Waals surface area contributed by atoms with Gasteiger partial charge in [0.15, 0.2) is 5.65 Å². The molecule has 8 heteroatoms. The second-order valence-electron chi connectivity index (χ2n) is 7.90. The van der Waals surface area contributed by atoms with E-state index in [0.717, 1.165) is 30.6 Å². The highest BCUT2D eigenvalue weighted by Crippen LogP contribution is 2.36. The van der Waals surface area contributed by atoms with Crippen LogP contribution in [-0.4, -0.2) is 37.1 Å².